The van der Waals surface area contributed by atoms with Crippen LogP contribution in [0.2, 0.25) is 0 Å². The summed E-state index contributed by atoms with van der Waals surface area (Å²) in [5, 5.41) is 22.2. The largest absolute Gasteiger partial charge is 0.393 e. The van der Waals surface area contributed by atoms with Gasteiger partial charge < -0.3 is 9.67 Å². The Morgan fingerprint density at radius 3 is 2.69 bits per heavy atom. The number of hydrogen-bond acceptors (Lipinski definition) is 5. The summed E-state index contributed by atoms with van der Waals surface area (Å²) in [6.07, 6.45) is 9.34. The van der Waals surface area contributed by atoms with Crippen LogP contribution in [0.3, 0.4) is 0 Å². The fraction of sp³-hybridized carbons (Fsp3) is 0.233. The van der Waals surface area contributed by atoms with Crippen LogP contribution >= 0.6 is 11.8 Å². The van der Waals surface area contributed by atoms with E-state index in [1.54, 1.807) is 11.8 Å². The van der Waals surface area contributed by atoms with Gasteiger partial charge in [-0.2, -0.15) is 5.26 Å². The molecule has 0 spiro atoms. The maximum Gasteiger partial charge on any atom is 0.145 e. The SMILES string of the molecule is Cc1cn(-c2ccc(C#N)c(S[C@H]3CC[C@H](O)CC3)c2)c2nccc(-c3cnc4ccccc4c3)c12. The molecule has 0 aliphatic heterocycles. The summed E-state index contributed by atoms with van der Waals surface area (Å²) in [7, 11) is 0. The number of hydrogen-bond donors (Lipinski definition) is 1. The van der Waals surface area contributed by atoms with Gasteiger partial charge in [-0.1, -0.05) is 18.2 Å². The fourth-order valence-corrected chi connectivity index (χ4v) is 6.49. The fourth-order valence-electron chi connectivity index (χ4n) is 5.19. The number of nitrogens with zero attached hydrogens (tertiary/aromatic N) is 4. The number of aliphatic hydroxyl groups excluding tert-OH is 1. The lowest BCUT2D eigenvalue weighted by Gasteiger charge is -2.25. The van der Waals surface area contributed by atoms with Crippen molar-refractivity contribution in [2.75, 3.05) is 0 Å². The molecule has 36 heavy (non-hydrogen) atoms. The second-order valence-electron chi connectivity index (χ2n) is 9.50. The molecule has 178 valence electrons. The van der Waals surface area contributed by atoms with Crippen LogP contribution in [0.4, 0.5) is 0 Å². The minimum Gasteiger partial charge on any atom is -0.393 e. The zero-order valence-electron chi connectivity index (χ0n) is 20.1. The number of para-hydroxylation sites is 1. The van der Waals surface area contributed by atoms with Crippen molar-refractivity contribution < 1.29 is 5.11 Å². The number of nitriles is 1. The van der Waals surface area contributed by atoms with E-state index in [0.717, 1.165) is 74.9 Å². The number of benzene rings is 2. The number of aryl methyl sites for hydroxylation is 1. The third-order valence-electron chi connectivity index (χ3n) is 7.08. The molecule has 6 heteroatoms. The van der Waals surface area contributed by atoms with Crippen LogP contribution in [0.25, 0.3) is 38.8 Å². The van der Waals surface area contributed by atoms with Crippen molar-refractivity contribution in [2.24, 2.45) is 0 Å². The molecule has 1 aliphatic rings. The molecule has 3 heterocycles. The van der Waals surface area contributed by atoms with Gasteiger partial charge in [0.05, 0.1) is 17.2 Å². The molecule has 0 radical (unpaired) electrons. The smallest absolute Gasteiger partial charge is 0.145 e. The zero-order chi connectivity index (χ0) is 24.6. The Labute approximate surface area is 214 Å². The Morgan fingerprint density at radius 2 is 1.86 bits per heavy atom. The van der Waals surface area contributed by atoms with E-state index in [-0.39, 0.29) is 6.10 Å². The molecule has 1 N–H and O–H groups in total. The lowest BCUT2D eigenvalue weighted by atomic mass is 9.97. The van der Waals surface area contributed by atoms with Crippen LogP contribution in [0.5, 0.6) is 0 Å². The summed E-state index contributed by atoms with van der Waals surface area (Å²) in [5.41, 5.74) is 6.87. The molecule has 5 aromatic rings. The van der Waals surface area contributed by atoms with E-state index in [1.165, 1.54) is 0 Å². The Balaban J connectivity index is 1.42. The van der Waals surface area contributed by atoms with Gasteiger partial charge in [0.1, 0.15) is 11.7 Å². The van der Waals surface area contributed by atoms with Crippen LogP contribution < -0.4 is 0 Å². The second kappa shape index (κ2) is 9.42. The zero-order valence-corrected chi connectivity index (χ0v) is 20.9. The number of rotatable bonds is 4. The highest BCUT2D eigenvalue weighted by Gasteiger charge is 2.22. The van der Waals surface area contributed by atoms with E-state index < -0.39 is 0 Å². The Kier molecular flexibility index (Phi) is 5.96. The number of aliphatic hydroxyl groups is 1. The minimum atomic E-state index is -0.184. The number of thioether (sulfide) groups is 1. The average molecular weight is 491 g/mol. The predicted octanol–water partition coefficient (Wildman–Crippen LogP) is 6.82. The lowest BCUT2D eigenvalue weighted by molar-refractivity contribution is 0.132. The highest BCUT2D eigenvalue weighted by Crippen LogP contribution is 2.38. The summed E-state index contributed by atoms with van der Waals surface area (Å²) in [5.74, 6) is 0. The normalized spacial score (nSPS) is 17.9. The van der Waals surface area contributed by atoms with Crippen molar-refractivity contribution in [1.29, 1.82) is 5.26 Å². The van der Waals surface area contributed by atoms with Gasteiger partial charge in [-0.3, -0.25) is 4.98 Å². The number of aromatic nitrogens is 3. The van der Waals surface area contributed by atoms with Crippen molar-refractivity contribution in [3.8, 4) is 22.9 Å². The molecule has 0 amide bonds. The standard InChI is InChI=1S/C30H26N4OS/c1-19-18-34(23-7-6-21(16-31)28(15-23)36-25-10-8-24(35)9-11-25)30-29(19)26(12-13-32-30)22-14-20-4-2-3-5-27(20)33-17-22/h2-7,12-15,17-18,24-25,35H,8-11H2,1H3/t24-,25-. The molecule has 5 nitrogen and oxygen atoms in total. The van der Waals surface area contributed by atoms with Crippen molar-refractivity contribution in [3.05, 3.63) is 84.3 Å². The Bertz CT molecular complexity index is 1630. The topological polar surface area (TPSA) is 74.7 Å². The third kappa shape index (κ3) is 4.15. The molecule has 0 bridgehead atoms. The van der Waals surface area contributed by atoms with Crippen molar-refractivity contribution in [1.82, 2.24) is 14.5 Å². The van der Waals surface area contributed by atoms with Gasteiger partial charge in [0, 0.05) is 50.8 Å². The quantitative estimate of drug-likeness (QED) is 0.299. The van der Waals surface area contributed by atoms with E-state index in [2.05, 4.69) is 53.0 Å². The molecule has 1 fully saturated rings. The predicted molar refractivity (Wildman–Crippen MR) is 145 cm³/mol. The van der Waals surface area contributed by atoms with Crippen LogP contribution in [0.15, 0.2) is 78.1 Å². The summed E-state index contributed by atoms with van der Waals surface area (Å²) in [4.78, 5) is 10.4. The first-order valence-electron chi connectivity index (χ1n) is 12.3. The highest BCUT2D eigenvalue weighted by molar-refractivity contribution is 8.00. The third-order valence-corrected chi connectivity index (χ3v) is 8.48. The Morgan fingerprint density at radius 1 is 1.03 bits per heavy atom. The van der Waals surface area contributed by atoms with Gasteiger partial charge in [-0.25, -0.2) is 4.98 Å². The summed E-state index contributed by atoms with van der Waals surface area (Å²) >= 11 is 1.76. The lowest BCUT2D eigenvalue weighted by Crippen LogP contribution is -2.19. The monoisotopic (exact) mass is 490 g/mol. The van der Waals surface area contributed by atoms with Gasteiger partial charge in [-0.15, -0.1) is 11.8 Å². The molecule has 0 saturated heterocycles. The van der Waals surface area contributed by atoms with Gasteiger partial charge in [0.15, 0.2) is 0 Å². The van der Waals surface area contributed by atoms with Crippen molar-refractivity contribution in [2.45, 2.75) is 48.9 Å². The first-order valence-corrected chi connectivity index (χ1v) is 13.2. The van der Waals surface area contributed by atoms with Gasteiger partial charge in [0.25, 0.3) is 0 Å². The van der Waals surface area contributed by atoms with Gasteiger partial charge in [-0.05, 0) is 80.1 Å². The van der Waals surface area contributed by atoms with Crippen LogP contribution in [0, 0.1) is 18.3 Å². The summed E-state index contributed by atoms with van der Waals surface area (Å²) in [6.45, 7) is 2.12. The number of pyridine rings is 2. The van der Waals surface area contributed by atoms with Gasteiger partial charge >= 0.3 is 0 Å². The van der Waals surface area contributed by atoms with E-state index in [1.807, 2.05) is 42.7 Å². The maximum absolute atomic E-state index is 9.87. The van der Waals surface area contributed by atoms with E-state index >= 15 is 0 Å². The van der Waals surface area contributed by atoms with E-state index in [4.69, 9.17) is 4.98 Å². The minimum absolute atomic E-state index is 0.184. The van der Waals surface area contributed by atoms with Crippen molar-refractivity contribution >= 4 is 33.7 Å². The maximum atomic E-state index is 9.87. The summed E-state index contributed by atoms with van der Waals surface area (Å²) < 4.78 is 2.12. The highest BCUT2D eigenvalue weighted by atomic mass is 32.2. The average Bonchev–Trinajstić information content (AvgIpc) is 3.26. The molecule has 1 aliphatic carbocycles. The molecule has 2 aromatic carbocycles. The molecule has 0 unspecified atom stereocenters. The molecule has 3 aromatic heterocycles. The first-order chi connectivity index (χ1) is 17.6. The number of fused-ring (bicyclic) bond motifs is 2. The molecular weight excluding hydrogens is 464 g/mol. The first kappa shape index (κ1) is 22.8. The van der Waals surface area contributed by atoms with Crippen molar-refractivity contribution in [3.63, 3.8) is 0 Å². The van der Waals surface area contributed by atoms with Crippen LogP contribution in [-0.4, -0.2) is 31.0 Å². The Hall–Kier alpha value is -3.66. The van der Waals surface area contributed by atoms with E-state index in [9.17, 15) is 10.4 Å². The molecule has 1 saturated carbocycles. The van der Waals surface area contributed by atoms with Crippen LogP contribution in [-0.2, 0) is 0 Å². The summed E-state index contributed by atoms with van der Waals surface area (Å²) in [6, 6.07) is 20.8. The molecule has 6 rings (SSSR count). The molecular formula is C30H26N4OS. The van der Waals surface area contributed by atoms with E-state index in [0.29, 0.717) is 10.8 Å². The second-order valence-corrected chi connectivity index (χ2v) is 10.8. The van der Waals surface area contributed by atoms with Crippen LogP contribution in [0.1, 0.15) is 36.8 Å². The molecule has 0 atom stereocenters. The van der Waals surface area contributed by atoms with Gasteiger partial charge in [0.2, 0.25) is 0 Å².